The van der Waals surface area contributed by atoms with Gasteiger partial charge in [0.15, 0.2) is 0 Å². The average Bonchev–Trinajstić information content (AvgIpc) is 2.95. The minimum absolute atomic E-state index is 0. The largest absolute Gasteiger partial charge is 2.00 e. The SMILES string of the molecule is C1CCCC1.C1CCCC1.O=S(=O)(O)C(F)(F)F.[Mo+2]. The van der Waals surface area contributed by atoms with Crippen LogP contribution in [0.4, 0.5) is 13.2 Å². The van der Waals surface area contributed by atoms with Gasteiger partial charge in [0.25, 0.3) is 0 Å². The Bertz CT molecular complexity index is 272. The van der Waals surface area contributed by atoms with Crippen molar-refractivity contribution in [2.45, 2.75) is 69.7 Å². The molecule has 0 heterocycles. The van der Waals surface area contributed by atoms with Crippen molar-refractivity contribution in [3.63, 3.8) is 0 Å². The summed E-state index contributed by atoms with van der Waals surface area (Å²) in [5, 5.41) is 0. The summed E-state index contributed by atoms with van der Waals surface area (Å²) in [6.45, 7) is 0. The van der Waals surface area contributed by atoms with Gasteiger partial charge in [-0.25, -0.2) is 0 Å². The Morgan fingerprint density at radius 3 is 0.842 bits per heavy atom. The molecular formula is C11H21F3MoO3S+2. The van der Waals surface area contributed by atoms with Crippen LogP contribution in [0.15, 0.2) is 0 Å². The van der Waals surface area contributed by atoms with Gasteiger partial charge in [-0.3, -0.25) is 4.55 Å². The predicted octanol–water partition coefficient (Wildman–Crippen LogP) is 4.29. The standard InChI is InChI=1S/2C5H10.CHF3O3S.Mo/c2*1-2-4-5-3-1;2-1(3,4)8(5,6)7;/h2*1-5H2;(H,5,6,7);/q;;;+2. The first-order valence-electron chi connectivity index (χ1n) is 6.29. The number of rotatable bonds is 0. The van der Waals surface area contributed by atoms with Crippen LogP contribution < -0.4 is 0 Å². The fraction of sp³-hybridized carbons (Fsp3) is 1.00. The summed E-state index contributed by atoms with van der Waals surface area (Å²) in [7, 11) is -5.84. The molecule has 3 nitrogen and oxygen atoms in total. The zero-order valence-electron chi connectivity index (χ0n) is 10.8. The molecule has 0 aromatic carbocycles. The van der Waals surface area contributed by atoms with Crippen LogP contribution in [0.3, 0.4) is 0 Å². The minimum Gasteiger partial charge on any atom is -0.279 e. The third-order valence-electron chi connectivity index (χ3n) is 2.79. The third-order valence-corrected chi connectivity index (χ3v) is 3.38. The van der Waals surface area contributed by atoms with E-state index in [0.717, 1.165) is 0 Å². The first-order valence-corrected chi connectivity index (χ1v) is 7.73. The molecule has 0 unspecified atom stereocenters. The second-order valence-electron chi connectivity index (χ2n) is 4.46. The predicted molar refractivity (Wildman–Crippen MR) is 63.8 cm³/mol. The first-order chi connectivity index (χ1) is 8.25. The van der Waals surface area contributed by atoms with Gasteiger partial charge in [0.05, 0.1) is 0 Å². The van der Waals surface area contributed by atoms with Crippen molar-refractivity contribution >= 4 is 10.1 Å². The Kier molecular flexibility index (Phi) is 12.7. The summed E-state index contributed by atoms with van der Waals surface area (Å²) >= 11 is 0. The van der Waals surface area contributed by atoms with Gasteiger partial charge in [-0.2, -0.15) is 21.6 Å². The maximum atomic E-state index is 10.7. The van der Waals surface area contributed by atoms with Crippen molar-refractivity contribution in [2.75, 3.05) is 0 Å². The molecule has 0 amide bonds. The van der Waals surface area contributed by atoms with Gasteiger partial charge in [0.2, 0.25) is 0 Å². The van der Waals surface area contributed by atoms with Crippen molar-refractivity contribution < 1.29 is 47.2 Å². The quantitative estimate of drug-likeness (QED) is 0.384. The average molecular weight is 386 g/mol. The van der Waals surface area contributed by atoms with E-state index in [9.17, 15) is 13.2 Å². The van der Waals surface area contributed by atoms with Crippen LogP contribution >= 0.6 is 0 Å². The van der Waals surface area contributed by atoms with Crippen molar-refractivity contribution in [2.24, 2.45) is 0 Å². The van der Waals surface area contributed by atoms with Crippen LogP contribution in [0.5, 0.6) is 0 Å². The van der Waals surface area contributed by atoms with Crippen molar-refractivity contribution in [1.29, 1.82) is 0 Å². The summed E-state index contributed by atoms with van der Waals surface area (Å²) in [6, 6.07) is 0. The summed E-state index contributed by atoms with van der Waals surface area (Å²) in [5.74, 6) is 0. The molecule has 8 heteroatoms. The summed E-state index contributed by atoms with van der Waals surface area (Å²) in [5.41, 5.74) is -5.53. The number of halogens is 3. The molecule has 1 N–H and O–H groups in total. The van der Waals surface area contributed by atoms with Crippen molar-refractivity contribution in [3.8, 4) is 0 Å². The van der Waals surface area contributed by atoms with Gasteiger partial charge >= 0.3 is 36.7 Å². The zero-order chi connectivity index (χ0) is 14.1. The normalized spacial score (nSPS) is 18.5. The maximum Gasteiger partial charge on any atom is 2.00 e. The number of alkyl halides is 3. The molecule has 0 radical (unpaired) electrons. The number of hydrogen-bond donors (Lipinski definition) is 1. The van der Waals surface area contributed by atoms with Gasteiger partial charge in [0, 0.05) is 0 Å². The Labute approximate surface area is 127 Å². The fourth-order valence-electron chi connectivity index (χ4n) is 1.77. The van der Waals surface area contributed by atoms with Gasteiger partial charge < -0.3 is 0 Å². The molecule has 19 heavy (non-hydrogen) atoms. The Morgan fingerprint density at radius 2 is 0.789 bits per heavy atom. The van der Waals surface area contributed by atoms with Gasteiger partial charge in [0.1, 0.15) is 0 Å². The molecule has 2 aliphatic carbocycles. The smallest absolute Gasteiger partial charge is 0.279 e. The van der Waals surface area contributed by atoms with Crippen LogP contribution in [0.2, 0.25) is 0 Å². The van der Waals surface area contributed by atoms with Crippen LogP contribution in [0.1, 0.15) is 64.2 Å². The summed E-state index contributed by atoms with van der Waals surface area (Å²) in [4.78, 5) is 0. The van der Waals surface area contributed by atoms with E-state index < -0.39 is 15.6 Å². The molecule has 2 aliphatic rings. The monoisotopic (exact) mass is 388 g/mol. The van der Waals surface area contributed by atoms with E-state index in [1.165, 1.54) is 64.2 Å². The molecule has 2 fully saturated rings. The van der Waals surface area contributed by atoms with E-state index in [0.29, 0.717) is 0 Å². The summed E-state index contributed by atoms with van der Waals surface area (Å²) < 4.78 is 57.5. The maximum absolute atomic E-state index is 10.7. The van der Waals surface area contributed by atoms with E-state index >= 15 is 0 Å². The van der Waals surface area contributed by atoms with E-state index in [2.05, 4.69) is 0 Å². The molecule has 0 atom stereocenters. The molecule has 2 rings (SSSR count). The Morgan fingerprint density at radius 1 is 0.684 bits per heavy atom. The molecule has 0 aliphatic heterocycles. The zero-order valence-corrected chi connectivity index (χ0v) is 13.6. The Hall–Kier alpha value is 0.388. The van der Waals surface area contributed by atoms with E-state index in [1.807, 2.05) is 0 Å². The Balaban J connectivity index is 0. The van der Waals surface area contributed by atoms with Gasteiger partial charge in [-0.05, 0) is 0 Å². The molecule has 0 aromatic rings. The van der Waals surface area contributed by atoms with Crippen LogP contribution in [-0.2, 0) is 31.2 Å². The van der Waals surface area contributed by atoms with E-state index in [4.69, 9.17) is 13.0 Å². The molecule has 0 spiro atoms. The van der Waals surface area contributed by atoms with Crippen LogP contribution in [0, 0.1) is 0 Å². The van der Waals surface area contributed by atoms with E-state index in [1.54, 1.807) is 0 Å². The minimum atomic E-state index is -5.84. The van der Waals surface area contributed by atoms with E-state index in [-0.39, 0.29) is 21.1 Å². The first kappa shape index (κ1) is 21.7. The molecular weight excluding hydrogens is 365 g/mol. The molecule has 114 valence electrons. The fourth-order valence-corrected chi connectivity index (χ4v) is 1.77. The topological polar surface area (TPSA) is 54.4 Å². The second-order valence-corrected chi connectivity index (χ2v) is 5.87. The molecule has 0 aromatic heterocycles. The molecule has 2 saturated carbocycles. The van der Waals surface area contributed by atoms with Gasteiger partial charge in [-0.1, -0.05) is 64.2 Å². The van der Waals surface area contributed by atoms with Crippen molar-refractivity contribution in [3.05, 3.63) is 0 Å². The number of hydrogen-bond acceptors (Lipinski definition) is 2. The summed E-state index contributed by atoms with van der Waals surface area (Å²) in [6.07, 6.45) is 15.0. The van der Waals surface area contributed by atoms with Gasteiger partial charge in [-0.15, -0.1) is 0 Å². The van der Waals surface area contributed by atoms with Crippen LogP contribution in [0.25, 0.3) is 0 Å². The third kappa shape index (κ3) is 13.1. The second kappa shape index (κ2) is 11.1. The molecule has 0 bridgehead atoms. The molecule has 0 saturated heterocycles. The van der Waals surface area contributed by atoms with Crippen molar-refractivity contribution in [1.82, 2.24) is 0 Å². The van der Waals surface area contributed by atoms with Crippen LogP contribution in [-0.4, -0.2) is 18.5 Å².